The third-order valence-corrected chi connectivity index (χ3v) is 4.05. The molecule has 0 aliphatic heterocycles. The second kappa shape index (κ2) is 7.26. The van der Waals surface area contributed by atoms with Gasteiger partial charge in [0.1, 0.15) is 5.69 Å². The van der Waals surface area contributed by atoms with Gasteiger partial charge in [-0.25, -0.2) is 0 Å². The maximum absolute atomic E-state index is 13.3. The first-order chi connectivity index (χ1) is 12.7. The van der Waals surface area contributed by atoms with E-state index in [9.17, 15) is 46.6 Å². The zero-order chi connectivity index (χ0) is 21.4. The van der Waals surface area contributed by atoms with Gasteiger partial charge < -0.3 is 5.32 Å². The third kappa shape index (κ3) is 4.49. The van der Waals surface area contributed by atoms with Gasteiger partial charge in [0.25, 0.3) is 11.4 Å². The molecule has 7 nitrogen and oxygen atoms in total. The molecule has 2 aromatic carbocycles. The molecule has 14 heteroatoms. The molecule has 0 unspecified atom stereocenters. The van der Waals surface area contributed by atoms with E-state index in [1.165, 1.54) is 0 Å². The predicted molar refractivity (Wildman–Crippen MR) is 87.2 cm³/mol. The molecule has 28 heavy (non-hydrogen) atoms. The standard InChI is InChI=1S/C14H6BrF6N3O4/c15-10-2-1-6(3-8(10)13(16,17)18)22-12-9(14(19,20)21)4-7(23(25)26)5-11(12)24(27)28/h1-5,22H. The normalized spacial score (nSPS) is 12.0. The zero-order valence-corrected chi connectivity index (χ0v) is 14.6. The number of nitro groups is 2. The summed E-state index contributed by atoms with van der Waals surface area (Å²) in [6.07, 6.45) is -10.1. The SMILES string of the molecule is O=[N+]([O-])c1cc([N+](=O)[O-])c(Nc2ccc(Br)c(C(F)(F)F)c2)c(C(F)(F)F)c1. The number of non-ortho nitro benzene ring substituents is 1. The van der Waals surface area contributed by atoms with Crippen LogP contribution in [0.3, 0.4) is 0 Å². The van der Waals surface area contributed by atoms with Gasteiger partial charge in [-0.1, -0.05) is 15.9 Å². The highest BCUT2D eigenvalue weighted by atomic mass is 79.9. The number of alkyl halides is 6. The van der Waals surface area contributed by atoms with Crippen molar-refractivity contribution in [2.75, 3.05) is 5.32 Å². The average Bonchev–Trinajstić information content (AvgIpc) is 2.54. The molecule has 0 saturated heterocycles. The van der Waals surface area contributed by atoms with Crippen molar-refractivity contribution in [1.82, 2.24) is 0 Å². The van der Waals surface area contributed by atoms with E-state index >= 15 is 0 Å². The summed E-state index contributed by atoms with van der Waals surface area (Å²) in [6, 6.07) is 2.61. The van der Waals surface area contributed by atoms with Crippen LogP contribution in [0.25, 0.3) is 0 Å². The Balaban J connectivity index is 2.71. The number of nitrogens with one attached hydrogen (secondary N) is 1. The Kier molecular flexibility index (Phi) is 5.55. The molecule has 0 amide bonds. The fourth-order valence-corrected chi connectivity index (χ4v) is 2.65. The van der Waals surface area contributed by atoms with Crippen LogP contribution in [0.1, 0.15) is 11.1 Å². The van der Waals surface area contributed by atoms with E-state index in [-0.39, 0.29) is 12.1 Å². The van der Waals surface area contributed by atoms with E-state index in [0.29, 0.717) is 6.07 Å². The van der Waals surface area contributed by atoms with E-state index in [1.54, 1.807) is 0 Å². The molecule has 150 valence electrons. The molecule has 0 aliphatic rings. The minimum absolute atomic E-state index is 0.0544. The molecular formula is C14H6BrF6N3O4. The van der Waals surface area contributed by atoms with E-state index in [2.05, 4.69) is 15.9 Å². The van der Waals surface area contributed by atoms with E-state index in [1.807, 2.05) is 5.32 Å². The number of nitro benzene ring substituents is 2. The van der Waals surface area contributed by atoms with Gasteiger partial charge in [-0.2, -0.15) is 26.3 Å². The van der Waals surface area contributed by atoms with E-state index in [0.717, 1.165) is 12.1 Å². The Hall–Kier alpha value is -2.90. The van der Waals surface area contributed by atoms with Crippen LogP contribution in [0.2, 0.25) is 0 Å². The van der Waals surface area contributed by atoms with Crippen LogP contribution in [0, 0.1) is 20.2 Å². The van der Waals surface area contributed by atoms with Gasteiger partial charge in [-0.15, -0.1) is 0 Å². The smallest absolute Gasteiger partial charge is 0.349 e. The Morgan fingerprint density at radius 1 is 0.857 bits per heavy atom. The number of benzene rings is 2. The van der Waals surface area contributed by atoms with Crippen LogP contribution in [-0.4, -0.2) is 9.85 Å². The van der Waals surface area contributed by atoms with Crippen molar-refractivity contribution >= 4 is 38.7 Å². The summed E-state index contributed by atoms with van der Waals surface area (Å²) in [5, 5.41) is 23.8. The van der Waals surface area contributed by atoms with Crippen LogP contribution in [-0.2, 0) is 12.4 Å². The van der Waals surface area contributed by atoms with Crippen LogP contribution in [0.4, 0.5) is 49.1 Å². The van der Waals surface area contributed by atoms with Gasteiger partial charge in [0.2, 0.25) is 0 Å². The first-order valence-electron chi connectivity index (χ1n) is 6.89. The summed E-state index contributed by atoms with van der Waals surface area (Å²) in [5.74, 6) is 0. The van der Waals surface area contributed by atoms with Crippen molar-refractivity contribution in [2.45, 2.75) is 12.4 Å². The van der Waals surface area contributed by atoms with E-state index < -0.39 is 60.5 Å². The molecular weight excluding hydrogens is 468 g/mol. The van der Waals surface area contributed by atoms with Crippen molar-refractivity contribution in [2.24, 2.45) is 0 Å². The molecule has 0 aliphatic carbocycles. The van der Waals surface area contributed by atoms with Crippen LogP contribution in [0.15, 0.2) is 34.8 Å². The molecule has 0 saturated carbocycles. The summed E-state index contributed by atoms with van der Waals surface area (Å²) >= 11 is 2.65. The summed E-state index contributed by atoms with van der Waals surface area (Å²) in [4.78, 5) is 19.3. The number of halogens is 7. The fraction of sp³-hybridized carbons (Fsp3) is 0.143. The average molecular weight is 474 g/mol. The third-order valence-electron chi connectivity index (χ3n) is 3.36. The Morgan fingerprint density at radius 3 is 1.89 bits per heavy atom. The van der Waals surface area contributed by atoms with Gasteiger partial charge >= 0.3 is 12.4 Å². The van der Waals surface area contributed by atoms with Gasteiger partial charge in [0, 0.05) is 16.2 Å². The van der Waals surface area contributed by atoms with Gasteiger partial charge in [-0.05, 0) is 18.2 Å². The van der Waals surface area contributed by atoms with Gasteiger partial charge in [-0.3, -0.25) is 20.2 Å². The lowest BCUT2D eigenvalue weighted by Crippen LogP contribution is -2.12. The Morgan fingerprint density at radius 2 is 1.43 bits per heavy atom. The lowest BCUT2D eigenvalue weighted by Gasteiger charge is -2.16. The molecule has 0 atom stereocenters. The number of anilines is 2. The first kappa shape index (κ1) is 21.4. The highest BCUT2D eigenvalue weighted by Crippen LogP contribution is 2.44. The van der Waals surface area contributed by atoms with Gasteiger partial charge in [0.15, 0.2) is 0 Å². The minimum atomic E-state index is -5.26. The topological polar surface area (TPSA) is 98.3 Å². The van der Waals surface area contributed by atoms with Crippen molar-refractivity contribution in [3.05, 3.63) is 66.2 Å². The summed E-state index contributed by atoms with van der Waals surface area (Å²) in [7, 11) is 0. The quantitative estimate of drug-likeness (QED) is 0.331. The maximum Gasteiger partial charge on any atom is 0.418 e. The highest BCUT2D eigenvalue weighted by Gasteiger charge is 2.40. The number of nitrogens with zero attached hydrogens (tertiary/aromatic N) is 2. The summed E-state index contributed by atoms with van der Waals surface area (Å²) < 4.78 is 78.4. The molecule has 0 radical (unpaired) electrons. The lowest BCUT2D eigenvalue weighted by atomic mass is 10.1. The molecule has 1 N–H and O–H groups in total. The lowest BCUT2D eigenvalue weighted by molar-refractivity contribution is -0.394. The molecule has 0 bridgehead atoms. The molecule has 2 aromatic rings. The molecule has 0 heterocycles. The second-order valence-electron chi connectivity index (χ2n) is 5.22. The summed E-state index contributed by atoms with van der Waals surface area (Å²) in [5.41, 5.74) is -7.30. The molecule has 0 aromatic heterocycles. The number of rotatable bonds is 4. The highest BCUT2D eigenvalue weighted by molar-refractivity contribution is 9.10. The van der Waals surface area contributed by atoms with Gasteiger partial charge in [0.05, 0.1) is 27.0 Å². The Bertz CT molecular complexity index is 961. The minimum Gasteiger partial charge on any atom is -0.349 e. The monoisotopic (exact) mass is 473 g/mol. The van der Waals surface area contributed by atoms with Crippen LogP contribution in [0.5, 0.6) is 0 Å². The van der Waals surface area contributed by atoms with Crippen LogP contribution >= 0.6 is 15.9 Å². The second-order valence-corrected chi connectivity index (χ2v) is 6.07. The maximum atomic E-state index is 13.3. The van der Waals surface area contributed by atoms with Crippen molar-refractivity contribution in [1.29, 1.82) is 0 Å². The fourth-order valence-electron chi connectivity index (χ4n) is 2.18. The zero-order valence-electron chi connectivity index (χ0n) is 13.1. The molecule has 0 spiro atoms. The largest absolute Gasteiger partial charge is 0.418 e. The molecule has 0 fully saturated rings. The van der Waals surface area contributed by atoms with Crippen LogP contribution < -0.4 is 5.32 Å². The van der Waals surface area contributed by atoms with Crippen molar-refractivity contribution in [3.63, 3.8) is 0 Å². The Labute approximate surface area is 159 Å². The first-order valence-corrected chi connectivity index (χ1v) is 7.69. The summed E-state index contributed by atoms with van der Waals surface area (Å²) in [6.45, 7) is 0. The molecule has 2 rings (SSSR count). The van der Waals surface area contributed by atoms with E-state index in [4.69, 9.17) is 0 Å². The number of hydrogen-bond donors (Lipinski definition) is 1. The predicted octanol–water partition coefficient (Wildman–Crippen LogP) is 6.05. The van der Waals surface area contributed by atoms with Crippen molar-refractivity contribution < 1.29 is 36.2 Å². The number of hydrogen-bond acceptors (Lipinski definition) is 5. The van der Waals surface area contributed by atoms with Crippen molar-refractivity contribution in [3.8, 4) is 0 Å².